The topological polar surface area (TPSA) is 29.1 Å². The van der Waals surface area contributed by atoms with Crippen LogP contribution in [0.15, 0.2) is 24.3 Å². The van der Waals surface area contributed by atoms with E-state index in [2.05, 4.69) is 52.6 Å². The quantitative estimate of drug-likeness (QED) is 0.319. The van der Waals surface area contributed by atoms with Crippen LogP contribution in [0.25, 0.3) is 0 Å². The number of hydrogen-bond acceptors (Lipinski definition) is 1. The number of rotatable bonds is 7. The van der Waals surface area contributed by atoms with Crippen molar-refractivity contribution in [1.29, 1.82) is 0 Å². The molecule has 3 fully saturated rings. The van der Waals surface area contributed by atoms with Crippen LogP contribution in [0.5, 0.6) is 0 Å². The molecule has 0 spiro atoms. The Balaban J connectivity index is 1.46. The number of amides is 1. The van der Waals surface area contributed by atoms with Gasteiger partial charge in [-0.2, -0.15) is 0 Å². The van der Waals surface area contributed by atoms with Gasteiger partial charge in [0.15, 0.2) is 0 Å². The number of fused-ring (bicyclic) bond motifs is 5. The van der Waals surface area contributed by atoms with Gasteiger partial charge in [0.25, 0.3) is 0 Å². The summed E-state index contributed by atoms with van der Waals surface area (Å²) in [5.41, 5.74) is 2.58. The molecule has 0 aromatic heterocycles. The molecule has 0 aliphatic heterocycles. The van der Waals surface area contributed by atoms with Gasteiger partial charge < -0.3 is 5.32 Å². The molecule has 0 saturated heterocycles. The highest BCUT2D eigenvalue weighted by atomic mass is 16.1. The zero-order chi connectivity index (χ0) is 23.1. The molecule has 2 nitrogen and oxygen atoms in total. The maximum atomic E-state index is 11.8. The molecule has 4 rings (SSSR count). The first-order chi connectivity index (χ1) is 15.2. The van der Waals surface area contributed by atoms with Crippen LogP contribution in [0, 0.1) is 46.3 Å². The van der Waals surface area contributed by atoms with E-state index in [4.69, 9.17) is 0 Å². The fourth-order valence-corrected chi connectivity index (χ4v) is 9.07. The molecule has 1 unspecified atom stereocenters. The second-order valence-electron chi connectivity index (χ2n) is 12.9. The molecule has 32 heavy (non-hydrogen) atoms. The minimum Gasteiger partial charge on any atom is -0.350 e. The molecule has 0 radical (unpaired) electrons. The smallest absolute Gasteiger partial charge is 0.243 e. The Labute approximate surface area is 198 Å². The summed E-state index contributed by atoms with van der Waals surface area (Å²) in [5, 5.41) is 3.18. The lowest BCUT2D eigenvalue weighted by Crippen LogP contribution is -2.52. The van der Waals surface area contributed by atoms with Crippen molar-refractivity contribution >= 4 is 5.91 Å². The molecule has 1 N–H and O–H groups in total. The van der Waals surface area contributed by atoms with Gasteiger partial charge in [0.05, 0.1) is 0 Å². The van der Waals surface area contributed by atoms with E-state index in [0.29, 0.717) is 16.9 Å². The van der Waals surface area contributed by atoms with Crippen molar-refractivity contribution in [3.05, 3.63) is 24.3 Å². The fraction of sp³-hybridized carbons (Fsp3) is 0.833. The summed E-state index contributed by atoms with van der Waals surface area (Å²) in [6.07, 6.45) is 18.8. The molecular formula is C30H49NO. The third kappa shape index (κ3) is 4.25. The Morgan fingerprint density at radius 2 is 1.91 bits per heavy atom. The van der Waals surface area contributed by atoms with Crippen LogP contribution in [0.3, 0.4) is 0 Å². The monoisotopic (exact) mass is 439 g/mol. The van der Waals surface area contributed by atoms with Crippen LogP contribution >= 0.6 is 0 Å². The first kappa shape index (κ1) is 24.1. The Kier molecular flexibility index (Phi) is 7.00. The van der Waals surface area contributed by atoms with Gasteiger partial charge in [-0.25, -0.2) is 0 Å². The molecule has 4 aliphatic rings. The highest BCUT2D eigenvalue weighted by molar-refractivity contribution is 5.87. The summed E-state index contributed by atoms with van der Waals surface area (Å²) >= 11 is 0. The first-order valence-electron chi connectivity index (χ1n) is 13.8. The van der Waals surface area contributed by atoms with Crippen molar-refractivity contribution in [2.45, 2.75) is 111 Å². The van der Waals surface area contributed by atoms with E-state index >= 15 is 0 Å². The second-order valence-corrected chi connectivity index (χ2v) is 12.9. The number of allylic oxidation sites excluding steroid dienone is 1. The molecule has 1 amide bonds. The van der Waals surface area contributed by atoms with Gasteiger partial charge in [0.2, 0.25) is 5.91 Å². The van der Waals surface area contributed by atoms with E-state index < -0.39 is 0 Å². The molecule has 2 heteroatoms. The van der Waals surface area contributed by atoms with Gasteiger partial charge in [-0.3, -0.25) is 4.79 Å². The minimum atomic E-state index is -0.0131. The fourth-order valence-electron chi connectivity index (χ4n) is 9.07. The number of carbonyl (C=O) groups excluding carboxylic acids is 1. The molecule has 4 aliphatic carbocycles. The van der Waals surface area contributed by atoms with E-state index in [1.807, 2.05) is 0 Å². The SMILES string of the molecule is C=CC(=O)N[C@H]1CC[C@@]2(C)C(=CC[C@@H]3[C@@H]2CC[C@]2(C)C([C@H](C)CCCC(C)C)CC[C@@H]32)C1. The molecular weight excluding hydrogens is 390 g/mol. The maximum Gasteiger partial charge on any atom is 0.243 e. The van der Waals surface area contributed by atoms with Gasteiger partial charge in [0.1, 0.15) is 0 Å². The van der Waals surface area contributed by atoms with Gasteiger partial charge in [0, 0.05) is 6.04 Å². The Morgan fingerprint density at radius 1 is 1.12 bits per heavy atom. The molecule has 0 heterocycles. The molecule has 3 saturated carbocycles. The normalized spacial score (nSPS) is 41.8. The lowest BCUT2D eigenvalue weighted by Gasteiger charge is -2.58. The molecule has 0 aromatic rings. The van der Waals surface area contributed by atoms with Crippen LogP contribution in [0.4, 0.5) is 0 Å². The third-order valence-corrected chi connectivity index (χ3v) is 10.8. The highest BCUT2D eigenvalue weighted by Crippen LogP contribution is 2.67. The summed E-state index contributed by atoms with van der Waals surface area (Å²) in [4.78, 5) is 11.8. The van der Waals surface area contributed by atoms with Crippen molar-refractivity contribution in [2.75, 3.05) is 0 Å². The van der Waals surface area contributed by atoms with Crippen LogP contribution in [0.2, 0.25) is 0 Å². The lowest BCUT2D eigenvalue weighted by atomic mass is 9.47. The average Bonchev–Trinajstić information content (AvgIpc) is 3.11. The molecule has 180 valence electrons. The van der Waals surface area contributed by atoms with Crippen molar-refractivity contribution < 1.29 is 4.79 Å². The van der Waals surface area contributed by atoms with Crippen molar-refractivity contribution in [3.8, 4) is 0 Å². The highest BCUT2D eigenvalue weighted by Gasteiger charge is 2.59. The van der Waals surface area contributed by atoms with Crippen molar-refractivity contribution in [3.63, 3.8) is 0 Å². The summed E-state index contributed by atoms with van der Waals surface area (Å²) in [6.45, 7) is 16.2. The largest absolute Gasteiger partial charge is 0.350 e. The van der Waals surface area contributed by atoms with Crippen LogP contribution < -0.4 is 5.32 Å². The summed E-state index contributed by atoms with van der Waals surface area (Å²) in [7, 11) is 0. The number of nitrogens with one attached hydrogen (secondary N) is 1. The van der Waals surface area contributed by atoms with Crippen molar-refractivity contribution in [2.24, 2.45) is 46.3 Å². The van der Waals surface area contributed by atoms with E-state index in [0.717, 1.165) is 48.3 Å². The van der Waals surface area contributed by atoms with E-state index in [-0.39, 0.29) is 5.91 Å². The van der Waals surface area contributed by atoms with Crippen molar-refractivity contribution in [1.82, 2.24) is 5.32 Å². The van der Waals surface area contributed by atoms with Crippen LogP contribution in [-0.4, -0.2) is 11.9 Å². The minimum absolute atomic E-state index is 0.0131. The summed E-state index contributed by atoms with van der Waals surface area (Å²) < 4.78 is 0. The van der Waals surface area contributed by atoms with Crippen LogP contribution in [0.1, 0.15) is 105 Å². The number of hydrogen-bond donors (Lipinski definition) is 1. The zero-order valence-corrected chi connectivity index (χ0v) is 21.6. The van der Waals surface area contributed by atoms with Gasteiger partial charge >= 0.3 is 0 Å². The van der Waals surface area contributed by atoms with Gasteiger partial charge in [-0.1, -0.05) is 72.1 Å². The summed E-state index contributed by atoms with van der Waals surface area (Å²) in [5.74, 6) is 5.31. The third-order valence-electron chi connectivity index (χ3n) is 10.8. The average molecular weight is 440 g/mol. The van der Waals surface area contributed by atoms with Gasteiger partial charge in [-0.05, 0) is 104 Å². The number of carbonyl (C=O) groups is 1. The lowest BCUT2D eigenvalue weighted by molar-refractivity contribution is -0.117. The Morgan fingerprint density at radius 3 is 2.62 bits per heavy atom. The predicted molar refractivity (Wildman–Crippen MR) is 135 cm³/mol. The first-order valence-corrected chi connectivity index (χ1v) is 13.8. The van der Waals surface area contributed by atoms with E-state index in [1.165, 1.54) is 63.9 Å². The predicted octanol–water partition coefficient (Wildman–Crippen LogP) is 7.70. The van der Waals surface area contributed by atoms with Gasteiger partial charge in [-0.15, -0.1) is 0 Å². The van der Waals surface area contributed by atoms with E-state index in [1.54, 1.807) is 5.57 Å². The van der Waals surface area contributed by atoms with E-state index in [9.17, 15) is 4.79 Å². The maximum absolute atomic E-state index is 11.8. The Bertz CT molecular complexity index is 737. The Hall–Kier alpha value is -1.05. The van der Waals surface area contributed by atoms with Crippen LogP contribution in [-0.2, 0) is 4.79 Å². The second kappa shape index (κ2) is 9.30. The standard InChI is InChI=1S/C30H49NO/c1-7-28(32)31-23-15-17-29(5)22(19-23)11-12-24-26-14-13-25(21(4)10-8-9-20(2)3)30(26,6)18-16-27(24)29/h7,11,20-21,23-27H,1,8-10,12-19H2,2-6H3,(H,31,32)/t21-,23+,24+,25?,26+,27+,29+,30-/m1/s1. The zero-order valence-electron chi connectivity index (χ0n) is 21.6. The summed E-state index contributed by atoms with van der Waals surface area (Å²) in [6, 6.07) is 0.299. The molecule has 0 aromatic carbocycles. The molecule has 0 bridgehead atoms. The molecule has 8 atom stereocenters.